The summed E-state index contributed by atoms with van der Waals surface area (Å²) in [5.74, 6) is 3.33. The average molecular weight is 430 g/mol. The van der Waals surface area contributed by atoms with Crippen LogP contribution < -0.4 is 4.74 Å². The first-order chi connectivity index (χ1) is 14.8. The molecule has 31 heavy (non-hydrogen) atoms. The summed E-state index contributed by atoms with van der Waals surface area (Å²) in [6, 6.07) is 12.2. The number of benzene rings is 3. The molecule has 0 saturated carbocycles. The van der Waals surface area contributed by atoms with Gasteiger partial charge in [-0.1, -0.05) is 48.3 Å². The van der Waals surface area contributed by atoms with Crippen LogP contribution in [0.1, 0.15) is 30.0 Å². The summed E-state index contributed by atoms with van der Waals surface area (Å²) < 4.78 is 69.8. The zero-order valence-corrected chi connectivity index (χ0v) is 16.7. The predicted octanol–water partition coefficient (Wildman–Crippen LogP) is 6.97. The van der Waals surface area contributed by atoms with E-state index < -0.39 is 30.2 Å². The molecular weight excluding hydrogens is 411 g/mol. The fraction of sp³-hybridized carbons (Fsp3) is 0.200. The number of allylic oxidation sites excluding steroid dienone is 2. The highest BCUT2D eigenvalue weighted by Gasteiger charge is 2.28. The molecule has 0 N–H and O–H groups in total. The maximum absolute atomic E-state index is 14.9. The molecule has 0 amide bonds. The lowest BCUT2D eigenvalue weighted by atomic mass is 10.0. The molecule has 0 aliphatic carbocycles. The minimum Gasteiger partial charge on any atom is -0.481 e. The van der Waals surface area contributed by atoms with Crippen LogP contribution in [-0.4, -0.2) is 12.8 Å². The molecule has 3 aromatic rings. The first kappa shape index (κ1) is 22.4. The van der Waals surface area contributed by atoms with Crippen molar-refractivity contribution in [3.05, 3.63) is 89.0 Å². The molecule has 1 nitrogen and oxygen atoms in total. The van der Waals surface area contributed by atoms with E-state index in [4.69, 9.17) is 0 Å². The van der Waals surface area contributed by atoms with E-state index in [2.05, 4.69) is 22.7 Å². The molecule has 3 rings (SSSR count). The summed E-state index contributed by atoms with van der Waals surface area (Å²) >= 11 is 0. The monoisotopic (exact) mass is 430 g/mol. The van der Waals surface area contributed by atoms with E-state index in [9.17, 15) is 22.0 Å². The average Bonchev–Trinajstić information content (AvgIpc) is 2.72. The number of ether oxygens (including phenoxy) is 1. The highest BCUT2D eigenvalue weighted by Crippen LogP contribution is 2.24. The van der Waals surface area contributed by atoms with Gasteiger partial charge in [0.15, 0.2) is 18.2 Å². The van der Waals surface area contributed by atoms with Crippen molar-refractivity contribution in [2.24, 2.45) is 0 Å². The van der Waals surface area contributed by atoms with Crippen LogP contribution in [0.25, 0.3) is 10.8 Å². The SMILES string of the molecule is C/C=C/CCc1ccc2c(F)c(C#Cc3ccc(OCC(F)(F)F)c(F)c3)ccc2c1. The molecule has 0 atom stereocenters. The molecule has 3 aromatic carbocycles. The summed E-state index contributed by atoms with van der Waals surface area (Å²) in [5, 5.41) is 1.20. The van der Waals surface area contributed by atoms with E-state index >= 15 is 0 Å². The maximum Gasteiger partial charge on any atom is 0.422 e. The van der Waals surface area contributed by atoms with E-state index in [1.54, 1.807) is 18.2 Å². The first-order valence-electron chi connectivity index (χ1n) is 9.60. The lowest BCUT2D eigenvalue weighted by Gasteiger charge is -2.09. The third-order valence-electron chi connectivity index (χ3n) is 4.52. The van der Waals surface area contributed by atoms with E-state index in [1.165, 1.54) is 6.07 Å². The van der Waals surface area contributed by atoms with Crippen molar-refractivity contribution in [3.63, 3.8) is 0 Å². The first-order valence-corrected chi connectivity index (χ1v) is 9.60. The molecular formula is C25H19F5O. The second kappa shape index (κ2) is 9.65. The van der Waals surface area contributed by atoms with Crippen LogP contribution >= 0.6 is 0 Å². The molecule has 0 fully saturated rings. The number of halogens is 5. The zero-order chi connectivity index (χ0) is 22.4. The normalized spacial score (nSPS) is 11.5. The molecule has 0 saturated heterocycles. The molecule has 0 heterocycles. The topological polar surface area (TPSA) is 9.23 Å². The van der Waals surface area contributed by atoms with Crippen LogP contribution in [0.2, 0.25) is 0 Å². The van der Waals surface area contributed by atoms with Crippen LogP contribution in [0.5, 0.6) is 5.75 Å². The van der Waals surface area contributed by atoms with Crippen LogP contribution in [0.4, 0.5) is 22.0 Å². The van der Waals surface area contributed by atoms with Crippen molar-refractivity contribution in [2.75, 3.05) is 6.61 Å². The molecule has 6 heteroatoms. The van der Waals surface area contributed by atoms with Gasteiger partial charge in [-0.2, -0.15) is 13.2 Å². The second-order valence-corrected chi connectivity index (χ2v) is 6.89. The highest BCUT2D eigenvalue weighted by atomic mass is 19.4. The highest BCUT2D eigenvalue weighted by molar-refractivity contribution is 5.85. The van der Waals surface area contributed by atoms with Gasteiger partial charge in [-0.15, -0.1) is 0 Å². The van der Waals surface area contributed by atoms with Gasteiger partial charge in [0.2, 0.25) is 0 Å². The summed E-state index contributed by atoms with van der Waals surface area (Å²) in [7, 11) is 0. The van der Waals surface area contributed by atoms with Crippen LogP contribution in [-0.2, 0) is 6.42 Å². The Bertz CT molecular complexity index is 1170. The van der Waals surface area contributed by atoms with Crippen LogP contribution in [0.3, 0.4) is 0 Å². The lowest BCUT2D eigenvalue weighted by Crippen LogP contribution is -2.19. The Labute approximate surface area is 177 Å². The molecule has 0 aliphatic rings. The molecule has 160 valence electrons. The van der Waals surface area contributed by atoms with Gasteiger partial charge in [-0.05, 0) is 55.0 Å². The Hall–Kier alpha value is -3.33. The Morgan fingerprint density at radius 3 is 2.48 bits per heavy atom. The van der Waals surface area contributed by atoms with Crippen molar-refractivity contribution >= 4 is 10.8 Å². The lowest BCUT2D eigenvalue weighted by molar-refractivity contribution is -0.153. The second-order valence-electron chi connectivity index (χ2n) is 6.89. The van der Waals surface area contributed by atoms with Gasteiger partial charge in [0.25, 0.3) is 0 Å². The van der Waals surface area contributed by atoms with E-state index in [-0.39, 0.29) is 11.1 Å². The van der Waals surface area contributed by atoms with E-state index in [1.807, 2.05) is 25.1 Å². The van der Waals surface area contributed by atoms with Crippen molar-refractivity contribution in [3.8, 4) is 17.6 Å². The summed E-state index contributed by atoms with van der Waals surface area (Å²) in [5.41, 5.74) is 1.44. The van der Waals surface area contributed by atoms with Gasteiger partial charge < -0.3 is 4.74 Å². The Morgan fingerprint density at radius 1 is 0.968 bits per heavy atom. The Kier molecular flexibility index (Phi) is 6.96. The molecule has 0 aliphatic heterocycles. The number of rotatable bonds is 5. The number of aryl methyl sites for hydroxylation is 1. The molecule has 0 bridgehead atoms. The fourth-order valence-corrected chi connectivity index (χ4v) is 3.00. The Morgan fingerprint density at radius 2 is 1.77 bits per heavy atom. The number of hydrogen-bond acceptors (Lipinski definition) is 1. The summed E-state index contributed by atoms with van der Waals surface area (Å²) in [4.78, 5) is 0. The standard InChI is InChI=1S/C25H19F5O/c1-2-3-4-5-17-7-12-21-20(14-17)11-10-19(24(21)27)9-6-18-8-13-23(22(26)15-18)31-16-25(28,29)30/h2-3,7-8,10-15H,4-5,16H2,1H3/b3-2+. The van der Waals surface area contributed by atoms with Crippen molar-refractivity contribution < 1.29 is 26.7 Å². The van der Waals surface area contributed by atoms with Gasteiger partial charge in [-0.3, -0.25) is 0 Å². The van der Waals surface area contributed by atoms with Gasteiger partial charge in [0.1, 0.15) is 5.82 Å². The minimum atomic E-state index is -4.56. The largest absolute Gasteiger partial charge is 0.481 e. The Balaban J connectivity index is 1.80. The van der Waals surface area contributed by atoms with Gasteiger partial charge in [0, 0.05) is 10.9 Å². The smallest absolute Gasteiger partial charge is 0.422 e. The van der Waals surface area contributed by atoms with Crippen molar-refractivity contribution in [2.45, 2.75) is 25.9 Å². The van der Waals surface area contributed by atoms with E-state index in [0.717, 1.165) is 35.9 Å². The minimum absolute atomic E-state index is 0.145. The van der Waals surface area contributed by atoms with Gasteiger partial charge in [-0.25, -0.2) is 8.78 Å². The van der Waals surface area contributed by atoms with Crippen LogP contribution in [0, 0.1) is 23.5 Å². The predicted molar refractivity (Wildman–Crippen MR) is 111 cm³/mol. The third-order valence-corrected chi connectivity index (χ3v) is 4.52. The molecule has 0 aromatic heterocycles. The number of alkyl halides is 3. The third kappa shape index (κ3) is 6.08. The van der Waals surface area contributed by atoms with E-state index in [0.29, 0.717) is 5.39 Å². The number of hydrogen-bond donors (Lipinski definition) is 0. The van der Waals surface area contributed by atoms with Crippen LogP contribution in [0.15, 0.2) is 60.7 Å². The number of fused-ring (bicyclic) bond motifs is 1. The fourth-order valence-electron chi connectivity index (χ4n) is 3.00. The van der Waals surface area contributed by atoms with Crippen molar-refractivity contribution in [1.82, 2.24) is 0 Å². The van der Waals surface area contributed by atoms with Gasteiger partial charge >= 0.3 is 6.18 Å². The quantitative estimate of drug-likeness (QED) is 0.241. The molecule has 0 radical (unpaired) electrons. The van der Waals surface area contributed by atoms with Gasteiger partial charge in [0.05, 0.1) is 5.56 Å². The van der Waals surface area contributed by atoms with Crippen molar-refractivity contribution in [1.29, 1.82) is 0 Å². The molecule has 0 unspecified atom stereocenters. The maximum atomic E-state index is 14.9. The summed E-state index contributed by atoms with van der Waals surface area (Å²) in [6.07, 6.45) is 1.26. The summed E-state index contributed by atoms with van der Waals surface area (Å²) in [6.45, 7) is 0.372. The zero-order valence-electron chi connectivity index (χ0n) is 16.7. The molecule has 0 spiro atoms.